The molecule has 0 radical (unpaired) electrons. The number of nitrogens with zero attached hydrogens (tertiary/aromatic N) is 1. The molecule has 1 saturated heterocycles. The minimum atomic E-state index is -4.88. The Hall–Kier alpha value is -2.32. The maximum absolute atomic E-state index is 13.9. The molecular weight excluding hydrogens is 475 g/mol. The number of hydrogen-bond donors (Lipinski definition) is 1. The average molecular weight is 496 g/mol. The second kappa shape index (κ2) is 8.31. The molecular formula is C23H21BrF3NO3. The predicted octanol–water partition coefficient (Wildman–Crippen LogP) is 6.18. The topological polar surface area (TPSA) is 53.7 Å². The molecule has 1 unspecified atom stereocenters. The number of benzene rings is 2. The van der Waals surface area contributed by atoms with E-state index in [1.54, 1.807) is 12.1 Å². The first-order valence-corrected chi connectivity index (χ1v) is 10.8. The van der Waals surface area contributed by atoms with E-state index in [9.17, 15) is 23.1 Å². The van der Waals surface area contributed by atoms with Crippen LogP contribution in [0.1, 0.15) is 31.1 Å². The summed E-state index contributed by atoms with van der Waals surface area (Å²) in [5, 5.41) is 10.4. The fraction of sp³-hybridized carbons (Fsp3) is 0.348. The van der Waals surface area contributed by atoms with E-state index >= 15 is 0 Å². The Morgan fingerprint density at radius 2 is 1.90 bits per heavy atom. The fourth-order valence-corrected chi connectivity index (χ4v) is 4.45. The minimum absolute atomic E-state index is 0.0174. The molecule has 0 aliphatic carbocycles. The van der Waals surface area contributed by atoms with Crippen LogP contribution < -0.4 is 5.43 Å². The molecule has 164 valence electrons. The van der Waals surface area contributed by atoms with E-state index in [4.69, 9.17) is 4.42 Å². The number of aromatic hydroxyl groups is 1. The normalized spacial score (nSPS) is 17.9. The lowest BCUT2D eigenvalue weighted by molar-refractivity contribution is -0.152. The Kier molecular flexibility index (Phi) is 5.87. The van der Waals surface area contributed by atoms with Crippen LogP contribution in [-0.2, 0) is 12.7 Å². The molecule has 1 atom stereocenters. The highest BCUT2D eigenvalue weighted by atomic mass is 79.9. The number of hydrogen-bond acceptors (Lipinski definition) is 4. The largest absolute Gasteiger partial charge is 0.507 e. The molecule has 2 aromatic carbocycles. The maximum Gasteiger partial charge on any atom is 0.450 e. The van der Waals surface area contributed by atoms with Crippen LogP contribution in [0.3, 0.4) is 0 Å². The van der Waals surface area contributed by atoms with Gasteiger partial charge in [-0.15, -0.1) is 0 Å². The summed E-state index contributed by atoms with van der Waals surface area (Å²) in [4.78, 5) is 15.3. The highest BCUT2D eigenvalue weighted by Crippen LogP contribution is 2.39. The number of likely N-dealkylation sites (tertiary alicyclic amines) is 1. The van der Waals surface area contributed by atoms with Gasteiger partial charge in [-0.3, -0.25) is 9.69 Å². The zero-order chi connectivity index (χ0) is 22.3. The van der Waals surface area contributed by atoms with Crippen molar-refractivity contribution in [3.05, 3.63) is 62.4 Å². The van der Waals surface area contributed by atoms with Gasteiger partial charge in [0, 0.05) is 17.6 Å². The Bertz CT molecular complexity index is 1170. The number of halogens is 4. The van der Waals surface area contributed by atoms with Crippen LogP contribution in [0.25, 0.3) is 22.1 Å². The molecule has 0 spiro atoms. The number of phenols is 1. The number of phenolic OH excluding ortho intramolecular Hbond substituents is 1. The van der Waals surface area contributed by atoms with Crippen molar-refractivity contribution in [1.82, 2.24) is 4.90 Å². The summed E-state index contributed by atoms with van der Waals surface area (Å²) in [6.07, 6.45) is -2.82. The Labute approximate surface area is 185 Å². The summed E-state index contributed by atoms with van der Waals surface area (Å²) in [5.41, 5.74) is -1.20. The third-order valence-electron chi connectivity index (χ3n) is 5.65. The summed E-state index contributed by atoms with van der Waals surface area (Å²) in [6, 6.07) is 8.68. The monoisotopic (exact) mass is 495 g/mol. The molecule has 0 bridgehead atoms. The lowest BCUT2D eigenvalue weighted by Crippen LogP contribution is -2.33. The van der Waals surface area contributed by atoms with Crippen molar-refractivity contribution in [2.45, 2.75) is 32.5 Å². The number of alkyl halides is 3. The van der Waals surface area contributed by atoms with Gasteiger partial charge in [-0.05, 0) is 55.1 Å². The minimum Gasteiger partial charge on any atom is -0.507 e. The van der Waals surface area contributed by atoms with E-state index in [1.165, 1.54) is 24.3 Å². The van der Waals surface area contributed by atoms with Gasteiger partial charge < -0.3 is 9.52 Å². The number of fused-ring (bicyclic) bond motifs is 1. The van der Waals surface area contributed by atoms with Crippen molar-refractivity contribution >= 4 is 26.9 Å². The molecule has 1 fully saturated rings. The molecule has 8 heteroatoms. The van der Waals surface area contributed by atoms with E-state index in [2.05, 4.69) is 27.8 Å². The zero-order valence-electron chi connectivity index (χ0n) is 16.8. The highest BCUT2D eigenvalue weighted by Gasteiger charge is 2.40. The second-order valence-electron chi connectivity index (χ2n) is 8.06. The Balaban J connectivity index is 1.94. The standard InChI is InChI=1S/C23H21BrF3NO3/c1-13-3-2-10-28(11-13)12-17-18(29)9-8-16-20(30)19(14-4-6-15(24)7-5-14)22(23(25,26)27)31-21(16)17/h4-9,13,29H,2-3,10-12H2,1H3. The van der Waals surface area contributed by atoms with Gasteiger partial charge in [0.25, 0.3) is 0 Å². The third kappa shape index (κ3) is 4.36. The summed E-state index contributed by atoms with van der Waals surface area (Å²) >= 11 is 3.25. The number of piperidine rings is 1. The van der Waals surface area contributed by atoms with Crippen molar-refractivity contribution in [3.63, 3.8) is 0 Å². The van der Waals surface area contributed by atoms with Crippen molar-refractivity contribution in [2.24, 2.45) is 5.92 Å². The van der Waals surface area contributed by atoms with Crippen LogP contribution >= 0.6 is 15.9 Å². The van der Waals surface area contributed by atoms with E-state index in [0.29, 0.717) is 10.4 Å². The highest BCUT2D eigenvalue weighted by molar-refractivity contribution is 9.10. The summed E-state index contributed by atoms with van der Waals surface area (Å²) < 4.78 is 47.9. The lowest BCUT2D eigenvalue weighted by atomic mass is 9.98. The molecule has 31 heavy (non-hydrogen) atoms. The molecule has 0 saturated carbocycles. The van der Waals surface area contributed by atoms with E-state index in [-0.39, 0.29) is 34.4 Å². The van der Waals surface area contributed by atoms with Gasteiger partial charge in [-0.1, -0.05) is 35.0 Å². The van der Waals surface area contributed by atoms with Gasteiger partial charge in [0.1, 0.15) is 11.3 Å². The molecule has 2 heterocycles. The van der Waals surface area contributed by atoms with E-state index < -0.39 is 22.9 Å². The van der Waals surface area contributed by atoms with Crippen molar-refractivity contribution < 1.29 is 22.7 Å². The first-order valence-electron chi connectivity index (χ1n) is 10.0. The van der Waals surface area contributed by atoms with Crippen molar-refractivity contribution in [2.75, 3.05) is 13.1 Å². The molecule has 1 aromatic heterocycles. The molecule has 1 aliphatic heterocycles. The van der Waals surface area contributed by atoms with Crippen molar-refractivity contribution in [3.8, 4) is 16.9 Å². The van der Waals surface area contributed by atoms with Crippen LogP contribution in [0, 0.1) is 5.92 Å². The smallest absolute Gasteiger partial charge is 0.450 e. The van der Waals surface area contributed by atoms with E-state index in [1.807, 2.05) is 0 Å². The predicted molar refractivity (Wildman–Crippen MR) is 116 cm³/mol. The molecule has 4 rings (SSSR count). The number of rotatable bonds is 3. The molecule has 4 nitrogen and oxygen atoms in total. The van der Waals surface area contributed by atoms with Gasteiger partial charge in [0.2, 0.25) is 11.2 Å². The molecule has 0 amide bonds. The Morgan fingerprint density at radius 3 is 2.55 bits per heavy atom. The lowest BCUT2D eigenvalue weighted by Gasteiger charge is -2.31. The van der Waals surface area contributed by atoms with Crippen LogP contribution in [0.15, 0.2) is 50.1 Å². The summed E-state index contributed by atoms with van der Waals surface area (Å²) in [7, 11) is 0. The second-order valence-corrected chi connectivity index (χ2v) is 8.98. The molecule has 3 aromatic rings. The molecule has 1 N–H and O–H groups in total. The van der Waals surface area contributed by atoms with Crippen molar-refractivity contribution in [1.29, 1.82) is 0 Å². The van der Waals surface area contributed by atoms with Crippen LogP contribution in [0.2, 0.25) is 0 Å². The van der Waals surface area contributed by atoms with Gasteiger partial charge in [-0.25, -0.2) is 0 Å². The van der Waals surface area contributed by atoms with Crippen LogP contribution in [0.5, 0.6) is 5.75 Å². The van der Waals surface area contributed by atoms with Crippen LogP contribution in [-0.4, -0.2) is 23.1 Å². The van der Waals surface area contributed by atoms with Gasteiger partial charge >= 0.3 is 6.18 Å². The zero-order valence-corrected chi connectivity index (χ0v) is 18.4. The first kappa shape index (κ1) is 21.9. The summed E-state index contributed by atoms with van der Waals surface area (Å²) in [5.74, 6) is -1.09. The van der Waals surface area contributed by atoms with Gasteiger partial charge in [0.15, 0.2) is 0 Å². The fourth-order valence-electron chi connectivity index (χ4n) is 4.19. The maximum atomic E-state index is 13.9. The first-order chi connectivity index (χ1) is 14.6. The van der Waals surface area contributed by atoms with Gasteiger partial charge in [0.05, 0.1) is 16.5 Å². The molecule has 1 aliphatic rings. The van der Waals surface area contributed by atoms with Crippen LogP contribution in [0.4, 0.5) is 13.2 Å². The Morgan fingerprint density at radius 1 is 1.19 bits per heavy atom. The van der Waals surface area contributed by atoms with Gasteiger partial charge in [-0.2, -0.15) is 13.2 Å². The third-order valence-corrected chi connectivity index (χ3v) is 6.18. The average Bonchev–Trinajstić information content (AvgIpc) is 2.70. The SMILES string of the molecule is CC1CCCN(Cc2c(O)ccc3c(=O)c(-c4ccc(Br)cc4)c(C(F)(F)F)oc23)C1. The summed E-state index contributed by atoms with van der Waals surface area (Å²) in [6.45, 7) is 3.86. The quantitative estimate of drug-likeness (QED) is 0.471. The van der Waals surface area contributed by atoms with E-state index in [0.717, 1.165) is 25.9 Å².